The summed E-state index contributed by atoms with van der Waals surface area (Å²) in [6.07, 6.45) is 1.48. The van der Waals surface area contributed by atoms with Gasteiger partial charge in [-0.15, -0.1) is 0 Å². The molecular weight excluding hydrogens is 501 g/mol. The number of halogens is 2. The van der Waals surface area contributed by atoms with Crippen LogP contribution in [0.3, 0.4) is 0 Å². The van der Waals surface area contributed by atoms with Gasteiger partial charge in [-0.25, -0.2) is 5.43 Å². The van der Waals surface area contributed by atoms with Crippen molar-refractivity contribution in [1.82, 2.24) is 10.7 Å². The Morgan fingerprint density at radius 1 is 1.00 bits per heavy atom. The molecule has 0 aliphatic heterocycles. The first-order chi connectivity index (χ1) is 17.3. The van der Waals surface area contributed by atoms with Crippen LogP contribution in [-0.2, 0) is 11.4 Å². The van der Waals surface area contributed by atoms with Crippen molar-refractivity contribution in [1.29, 1.82) is 0 Å². The maximum atomic E-state index is 12.7. The number of ether oxygens (including phenoxy) is 2. The number of hydrogen-bond acceptors (Lipinski definition) is 5. The Kier molecular flexibility index (Phi) is 9.73. The fraction of sp³-hybridized carbons (Fsp3) is 0.222. The Balaban J connectivity index is 1.62. The number of benzene rings is 3. The summed E-state index contributed by atoms with van der Waals surface area (Å²) in [7, 11) is 1.55. The molecule has 3 aromatic carbocycles. The molecule has 0 bridgehead atoms. The van der Waals surface area contributed by atoms with Crippen molar-refractivity contribution in [3.05, 3.63) is 93.5 Å². The highest BCUT2D eigenvalue weighted by Gasteiger charge is 2.25. The minimum Gasteiger partial charge on any atom is -0.493 e. The lowest BCUT2D eigenvalue weighted by Crippen LogP contribution is -2.48. The summed E-state index contributed by atoms with van der Waals surface area (Å²) >= 11 is 12.0. The molecule has 3 rings (SSSR count). The van der Waals surface area contributed by atoms with E-state index in [0.717, 1.165) is 5.56 Å². The monoisotopic (exact) mass is 527 g/mol. The van der Waals surface area contributed by atoms with E-state index in [4.69, 9.17) is 32.7 Å². The van der Waals surface area contributed by atoms with E-state index < -0.39 is 17.9 Å². The zero-order chi connectivity index (χ0) is 26.1. The van der Waals surface area contributed by atoms with E-state index in [9.17, 15) is 9.59 Å². The lowest BCUT2D eigenvalue weighted by molar-refractivity contribution is -0.123. The number of hydrazone groups is 1. The average molecular weight is 528 g/mol. The maximum absolute atomic E-state index is 12.7. The van der Waals surface area contributed by atoms with Gasteiger partial charge in [0.25, 0.3) is 11.8 Å². The number of nitrogens with one attached hydrogen (secondary N) is 2. The Labute approximate surface area is 220 Å². The van der Waals surface area contributed by atoms with Gasteiger partial charge in [0, 0.05) is 5.02 Å². The molecule has 0 saturated carbocycles. The molecule has 188 valence electrons. The van der Waals surface area contributed by atoms with Crippen LogP contribution in [0.1, 0.15) is 35.3 Å². The first-order valence-electron chi connectivity index (χ1n) is 11.2. The lowest BCUT2D eigenvalue weighted by Gasteiger charge is -2.20. The van der Waals surface area contributed by atoms with Crippen LogP contribution in [-0.4, -0.2) is 31.2 Å². The van der Waals surface area contributed by atoms with Crippen molar-refractivity contribution in [3.63, 3.8) is 0 Å². The zero-order valence-electron chi connectivity index (χ0n) is 20.1. The van der Waals surface area contributed by atoms with Crippen LogP contribution in [0.15, 0.2) is 71.8 Å². The summed E-state index contributed by atoms with van der Waals surface area (Å²) in [5.74, 6) is -0.0180. The molecule has 1 atom stereocenters. The van der Waals surface area contributed by atoms with E-state index in [1.165, 1.54) is 18.3 Å². The van der Waals surface area contributed by atoms with Crippen LogP contribution in [0.4, 0.5) is 0 Å². The van der Waals surface area contributed by atoms with Gasteiger partial charge in [0.2, 0.25) is 0 Å². The predicted molar refractivity (Wildman–Crippen MR) is 142 cm³/mol. The number of carbonyl (C=O) groups is 2. The van der Waals surface area contributed by atoms with Gasteiger partial charge < -0.3 is 14.8 Å². The molecule has 0 fully saturated rings. The van der Waals surface area contributed by atoms with Crippen LogP contribution in [0.25, 0.3) is 0 Å². The third kappa shape index (κ3) is 7.47. The first kappa shape index (κ1) is 27.0. The summed E-state index contributed by atoms with van der Waals surface area (Å²) in [6, 6.07) is 18.8. The van der Waals surface area contributed by atoms with Gasteiger partial charge in [-0.05, 0) is 53.4 Å². The molecule has 9 heteroatoms. The van der Waals surface area contributed by atoms with Gasteiger partial charge in [0.05, 0.1) is 23.9 Å². The van der Waals surface area contributed by atoms with Gasteiger partial charge in [-0.1, -0.05) is 67.4 Å². The van der Waals surface area contributed by atoms with Crippen LogP contribution in [0.2, 0.25) is 10.0 Å². The molecule has 7 nitrogen and oxygen atoms in total. The van der Waals surface area contributed by atoms with E-state index in [0.29, 0.717) is 28.7 Å². The molecule has 0 aliphatic rings. The molecule has 3 aromatic rings. The number of hydrogen-bond donors (Lipinski definition) is 2. The normalized spacial score (nSPS) is 11.8. The van der Waals surface area contributed by atoms with Gasteiger partial charge >= 0.3 is 0 Å². The predicted octanol–water partition coefficient (Wildman–Crippen LogP) is 5.49. The molecule has 0 spiro atoms. The summed E-state index contributed by atoms with van der Waals surface area (Å²) in [4.78, 5) is 25.4. The fourth-order valence-electron chi connectivity index (χ4n) is 3.29. The summed E-state index contributed by atoms with van der Waals surface area (Å²) in [5.41, 5.74) is 4.44. The molecule has 2 N–H and O–H groups in total. The molecule has 36 heavy (non-hydrogen) atoms. The van der Waals surface area contributed by atoms with Crippen LogP contribution < -0.4 is 20.2 Å². The average Bonchev–Trinajstić information content (AvgIpc) is 2.86. The van der Waals surface area contributed by atoms with E-state index in [2.05, 4.69) is 15.8 Å². The first-order valence-corrected chi connectivity index (χ1v) is 12.0. The van der Waals surface area contributed by atoms with Crippen LogP contribution in [0.5, 0.6) is 11.5 Å². The minimum atomic E-state index is -0.829. The highest BCUT2D eigenvalue weighted by Crippen LogP contribution is 2.28. The van der Waals surface area contributed by atoms with Gasteiger partial charge in [-0.2, -0.15) is 5.10 Å². The van der Waals surface area contributed by atoms with Crippen molar-refractivity contribution in [2.75, 3.05) is 7.11 Å². The molecule has 0 radical (unpaired) electrons. The van der Waals surface area contributed by atoms with E-state index >= 15 is 0 Å². The zero-order valence-corrected chi connectivity index (χ0v) is 21.6. The smallest absolute Gasteiger partial charge is 0.262 e. The van der Waals surface area contributed by atoms with Crippen molar-refractivity contribution in [3.8, 4) is 11.5 Å². The Hall–Kier alpha value is -3.55. The Bertz CT molecular complexity index is 1230. The number of carbonyl (C=O) groups excluding carboxylic acids is 2. The Morgan fingerprint density at radius 3 is 2.42 bits per heavy atom. The topological polar surface area (TPSA) is 89.0 Å². The largest absolute Gasteiger partial charge is 0.493 e. The van der Waals surface area contributed by atoms with E-state index in [1.807, 2.05) is 44.2 Å². The summed E-state index contributed by atoms with van der Waals surface area (Å²) in [5, 5.41) is 7.36. The second-order valence-corrected chi connectivity index (χ2v) is 9.08. The number of rotatable bonds is 10. The third-order valence-corrected chi connectivity index (χ3v) is 5.77. The summed E-state index contributed by atoms with van der Waals surface area (Å²) in [6.45, 7) is 4.04. The highest BCUT2D eigenvalue weighted by molar-refractivity contribution is 6.36. The number of nitrogens with zero attached hydrogens (tertiary/aromatic N) is 1. The van der Waals surface area contributed by atoms with E-state index in [1.54, 1.807) is 31.4 Å². The van der Waals surface area contributed by atoms with Crippen LogP contribution >= 0.6 is 23.2 Å². The van der Waals surface area contributed by atoms with Crippen molar-refractivity contribution >= 4 is 41.2 Å². The fourth-order valence-corrected chi connectivity index (χ4v) is 3.78. The second-order valence-electron chi connectivity index (χ2n) is 8.24. The van der Waals surface area contributed by atoms with Crippen molar-refractivity contribution in [2.45, 2.75) is 26.5 Å². The third-order valence-electron chi connectivity index (χ3n) is 5.22. The molecule has 0 aliphatic carbocycles. The second kappa shape index (κ2) is 13.0. The number of amides is 2. The van der Waals surface area contributed by atoms with E-state index in [-0.39, 0.29) is 16.5 Å². The summed E-state index contributed by atoms with van der Waals surface area (Å²) < 4.78 is 11.3. The van der Waals surface area contributed by atoms with Gasteiger partial charge in [-0.3, -0.25) is 9.59 Å². The van der Waals surface area contributed by atoms with Crippen molar-refractivity contribution < 1.29 is 19.1 Å². The molecule has 2 amide bonds. The lowest BCUT2D eigenvalue weighted by atomic mass is 10.0. The molecule has 0 heterocycles. The van der Waals surface area contributed by atoms with Crippen LogP contribution in [0, 0.1) is 5.92 Å². The molecular formula is C27H27Cl2N3O4. The maximum Gasteiger partial charge on any atom is 0.262 e. The molecule has 0 saturated heterocycles. The van der Waals surface area contributed by atoms with Gasteiger partial charge in [0.15, 0.2) is 11.5 Å². The Morgan fingerprint density at radius 2 is 1.75 bits per heavy atom. The molecule has 1 unspecified atom stereocenters. The SMILES string of the molecule is COc1cc(C=NNC(=O)C(NC(=O)c2ccc(Cl)cc2Cl)C(C)C)ccc1OCc1ccccc1. The quantitative estimate of drug-likeness (QED) is 0.269. The minimum absolute atomic E-state index is 0.198. The molecule has 0 aromatic heterocycles. The standard InChI is InChI=1S/C27H27Cl2N3O4/c1-17(2)25(31-26(33)21-11-10-20(28)14-22(21)29)27(34)32-30-15-19-9-12-23(24(13-19)35-3)36-16-18-7-5-4-6-8-18/h4-15,17,25H,16H2,1-3H3,(H,31,33)(H,32,34). The number of methoxy groups -OCH3 is 1. The van der Waals surface area contributed by atoms with Gasteiger partial charge in [0.1, 0.15) is 12.6 Å². The highest BCUT2D eigenvalue weighted by atomic mass is 35.5. The van der Waals surface area contributed by atoms with Crippen molar-refractivity contribution in [2.24, 2.45) is 11.0 Å².